The predicted molar refractivity (Wildman–Crippen MR) is 87.6 cm³/mol. The molecule has 120 valence electrons. The number of anilines is 1. The van der Waals surface area contributed by atoms with E-state index in [-0.39, 0.29) is 11.8 Å². The molecule has 0 saturated carbocycles. The third kappa shape index (κ3) is 3.77. The maximum atomic E-state index is 11.2. The molecule has 6 nitrogen and oxygen atoms in total. The third-order valence-electron chi connectivity index (χ3n) is 3.93. The first-order chi connectivity index (χ1) is 11.1. The van der Waals surface area contributed by atoms with Crippen molar-refractivity contribution in [1.82, 2.24) is 9.97 Å². The summed E-state index contributed by atoms with van der Waals surface area (Å²) in [6.07, 6.45) is 3.48. The molecule has 2 N–H and O–H groups in total. The van der Waals surface area contributed by atoms with E-state index in [1.54, 1.807) is 18.3 Å². The van der Waals surface area contributed by atoms with E-state index in [9.17, 15) is 4.79 Å². The molecule has 0 atom stereocenters. The molecule has 1 amide bonds. The second-order valence-electron chi connectivity index (χ2n) is 5.68. The molecule has 0 aliphatic carbocycles. The van der Waals surface area contributed by atoms with Crippen molar-refractivity contribution in [1.29, 1.82) is 0 Å². The van der Waals surface area contributed by atoms with Gasteiger partial charge in [0.2, 0.25) is 0 Å². The van der Waals surface area contributed by atoms with Crippen LogP contribution in [-0.4, -0.2) is 35.1 Å². The standard InChI is InChI=1S/C17H20N4O2/c1-12-3-2-4-16(20-12)21-9-6-13(7-10-21)23-14-5-8-19-15(11-14)17(18)22/h2-5,8,11,13H,6-7,9-10H2,1H3,(H2,18,22). The Kier molecular flexibility index (Phi) is 4.41. The summed E-state index contributed by atoms with van der Waals surface area (Å²) >= 11 is 0. The summed E-state index contributed by atoms with van der Waals surface area (Å²) in [5.74, 6) is 1.11. The molecule has 0 spiro atoms. The molecule has 0 aromatic carbocycles. The Morgan fingerprint density at radius 3 is 2.78 bits per heavy atom. The van der Waals surface area contributed by atoms with E-state index in [0.717, 1.165) is 37.4 Å². The first kappa shape index (κ1) is 15.3. The van der Waals surface area contributed by atoms with Crippen molar-refractivity contribution >= 4 is 11.7 Å². The van der Waals surface area contributed by atoms with Crippen LogP contribution in [0.5, 0.6) is 5.75 Å². The van der Waals surface area contributed by atoms with Crippen LogP contribution in [0.3, 0.4) is 0 Å². The summed E-state index contributed by atoms with van der Waals surface area (Å²) in [4.78, 5) is 21.9. The molecule has 0 unspecified atom stereocenters. The molecule has 0 bridgehead atoms. The van der Waals surface area contributed by atoms with Crippen LogP contribution in [0, 0.1) is 6.92 Å². The zero-order chi connectivity index (χ0) is 16.2. The smallest absolute Gasteiger partial charge is 0.267 e. The normalized spacial score (nSPS) is 15.4. The van der Waals surface area contributed by atoms with Gasteiger partial charge in [-0.05, 0) is 25.1 Å². The van der Waals surface area contributed by atoms with Gasteiger partial charge in [0.05, 0.1) is 0 Å². The molecule has 2 aromatic heterocycles. The average Bonchev–Trinajstić information content (AvgIpc) is 2.56. The lowest BCUT2D eigenvalue weighted by atomic mass is 10.1. The van der Waals surface area contributed by atoms with Gasteiger partial charge in [0, 0.05) is 43.9 Å². The lowest BCUT2D eigenvalue weighted by Gasteiger charge is -2.33. The van der Waals surface area contributed by atoms with Crippen LogP contribution in [0.2, 0.25) is 0 Å². The number of piperidine rings is 1. The van der Waals surface area contributed by atoms with Gasteiger partial charge in [0.1, 0.15) is 23.4 Å². The molecular formula is C17H20N4O2. The van der Waals surface area contributed by atoms with Gasteiger partial charge >= 0.3 is 0 Å². The van der Waals surface area contributed by atoms with Crippen molar-refractivity contribution in [3.05, 3.63) is 47.9 Å². The van der Waals surface area contributed by atoms with E-state index in [4.69, 9.17) is 10.5 Å². The summed E-state index contributed by atoms with van der Waals surface area (Å²) in [5.41, 5.74) is 6.49. The molecule has 3 rings (SSSR count). The highest BCUT2D eigenvalue weighted by molar-refractivity contribution is 5.91. The van der Waals surface area contributed by atoms with Crippen LogP contribution in [0.4, 0.5) is 5.82 Å². The van der Waals surface area contributed by atoms with Gasteiger partial charge < -0.3 is 15.4 Å². The summed E-state index contributed by atoms with van der Waals surface area (Å²) in [7, 11) is 0. The largest absolute Gasteiger partial charge is 0.490 e. The summed E-state index contributed by atoms with van der Waals surface area (Å²) in [6, 6.07) is 9.41. The van der Waals surface area contributed by atoms with E-state index in [0.29, 0.717) is 5.75 Å². The Morgan fingerprint density at radius 2 is 2.09 bits per heavy atom. The van der Waals surface area contributed by atoms with Gasteiger partial charge in [-0.3, -0.25) is 9.78 Å². The van der Waals surface area contributed by atoms with E-state index >= 15 is 0 Å². The number of pyridine rings is 2. The fraction of sp³-hybridized carbons (Fsp3) is 0.353. The molecular weight excluding hydrogens is 292 g/mol. The zero-order valence-corrected chi connectivity index (χ0v) is 13.1. The van der Waals surface area contributed by atoms with Crippen LogP contribution in [0.15, 0.2) is 36.5 Å². The van der Waals surface area contributed by atoms with E-state index < -0.39 is 5.91 Å². The fourth-order valence-corrected chi connectivity index (χ4v) is 2.72. The van der Waals surface area contributed by atoms with Crippen LogP contribution in [0.25, 0.3) is 0 Å². The predicted octanol–water partition coefficient (Wildman–Crippen LogP) is 1.93. The van der Waals surface area contributed by atoms with Gasteiger partial charge in [-0.15, -0.1) is 0 Å². The first-order valence-corrected chi connectivity index (χ1v) is 7.73. The second-order valence-corrected chi connectivity index (χ2v) is 5.68. The molecule has 3 heterocycles. The Labute approximate surface area is 135 Å². The number of nitrogens with two attached hydrogens (primary N) is 1. The highest BCUT2D eigenvalue weighted by Gasteiger charge is 2.21. The van der Waals surface area contributed by atoms with Crippen molar-refractivity contribution in [2.24, 2.45) is 5.73 Å². The Balaban J connectivity index is 1.59. The zero-order valence-electron chi connectivity index (χ0n) is 13.1. The number of carbonyl (C=O) groups is 1. The van der Waals surface area contributed by atoms with Crippen molar-refractivity contribution in [3.8, 4) is 5.75 Å². The Hall–Kier alpha value is -2.63. The second kappa shape index (κ2) is 6.64. The van der Waals surface area contributed by atoms with Gasteiger partial charge in [-0.2, -0.15) is 0 Å². The summed E-state index contributed by atoms with van der Waals surface area (Å²) in [5, 5.41) is 0. The average molecular weight is 312 g/mol. The van der Waals surface area contributed by atoms with Crippen LogP contribution in [0.1, 0.15) is 29.0 Å². The number of aryl methyl sites for hydroxylation is 1. The van der Waals surface area contributed by atoms with Crippen molar-refractivity contribution in [3.63, 3.8) is 0 Å². The van der Waals surface area contributed by atoms with Gasteiger partial charge in [0.25, 0.3) is 5.91 Å². The maximum Gasteiger partial charge on any atom is 0.267 e. The van der Waals surface area contributed by atoms with E-state index in [1.165, 1.54) is 0 Å². The van der Waals surface area contributed by atoms with Gasteiger partial charge in [-0.1, -0.05) is 6.07 Å². The van der Waals surface area contributed by atoms with Crippen molar-refractivity contribution in [2.45, 2.75) is 25.9 Å². The topological polar surface area (TPSA) is 81.3 Å². The SMILES string of the molecule is Cc1cccc(N2CCC(Oc3ccnc(C(N)=O)c3)CC2)n1. The third-order valence-corrected chi connectivity index (χ3v) is 3.93. The number of primary amides is 1. The highest BCUT2D eigenvalue weighted by atomic mass is 16.5. The van der Waals surface area contributed by atoms with E-state index in [2.05, 4.69) is 14.9 Å². The first-order valence-electron chi connectivity index (χ1n) is 7.73. The number of carbonyl (C=O) groups excluding carboxylic acids is 1. The van der Waals surface area contributed by atoms with Crippen LogP contribution in [-0.2, 0) is 0 Å². The lowest BCUT2D eigenvalue weighted by molar-refractivity contribution is 0.0994. The minimum absolute atomic E-state index is 0.124. The minimum Gasteiger partial charge on any atom is -0.490 e. The van der Waals surface area contributed by atoms with Crippen molar-refractivity contribution < 1.29 is 9.53 Å². The van der Waals surface area contributed by atoms with Gasteiger partial charge in [-0.25, -0.2) is 4.98 Å². The molecule has 6 heteroatoms. The highest BCUT2D eigenvalue weighted by Crippen LogP contribution is 2.22. The fourth-order valence-electron chi connectivity index (χ4n) is 2.72. The summed E-state index contributed by atoms with van der Waals surface area (Å²) < 4.78 is 5.96. The van der Waals surface area contributed by atoms with Crippen LogP contribution >= 0.6 is 0 Å². The lowest BCUT2D eigenvalue weighted by Crippen LogP contribution is -2.38. The van der Waals surface area contributed by atoms with E-state index in [1.807, 2.05) is 25.1 Å². The van der Waals surface area contributed by atoms with Gasteiger partial charge in [0.15, 0.2) is 0 Å². The minimum atomic E-state index is -0.546. The summed E-state index contributed by atoms with van der Waals surface area (Å²) in [6.45, 7) is 3.79. The molecule has 2 aromatic rings. The number of hydrogen-bond acceptors (Lipinski definition) is 5. The molecule has 1 fully saturated rings. The maximum absolute atomic E-state index is 11.2. The number of hydrogen-bond donors (Lipinski definition) is 1. The molecule has 1 aliphatic rings. The molecule has 1 aliphatic heterocycles. The molecule has 23 heavy (non-hydrogen) atoms. The van der Waals surface area contributed by atoms with Crippen molar-refractivity contribution in [2.75, 3.05) is 18.0 Å². The number of amides is 1. The number of aromatic nitrogens is 2. The monoisotopic (exact) mass is 312 g/mol. The molecule has 1 saturated heterocycles. The Morgan fingerprint density at radius 1 is 1.30 bits per heavy atom. The Bertz CT molecular complexity index is 696. The number of ether oxygens (including phenoxy) is 1. The van der Waals surface area contributed by atoms with Crippen LogP contribution < -0.4 is 15.4 Å². The quantitative estimate of drug-likeness (QED) is 0.933. The number of nitrogens with zero attached hydrogens (tertiary/aromatic N) is 3. The number of rotatable bonds is 4. The molecule has 0 radical (unpaired) electrons.